The van der Waals surface area contributed by atoms with Gasteiger partial charge in [-0.3, -0.25) is 9.36 Å². The Morgan fingerprint density at radius 1 is 1.29 bits per heavy atom. The highest BCUT2D eigenvalue weighted by atomic mass is 19.1. The topological polar surface area (TPSA) is 59.8 Å². The minimum atomic E-state index is -0.378. The molecule has 0 atom stereocenters. The molecule has 106 valence electrons. The average molecular weight is 284 g/mol. The van der Waals surface area contributed by atoms with Gasteiger partial charge in [-0.2, -0.15) is 4.98 Å². The van der Waals surface area contributed by atoms with Crippen molar-refractivity contribution in [1.29, 1.82) is 0 Å². The van der Waals surface area contributed by atoms with Gasteiger partial charge in [-0.15, -0.1) is 0 Å². The third-order valence-electron chi connectivity index (χ3n) is 3.31. The van der Waals surface area contributed by atoms with Gasteiger partial charge in [0, 0.05) is 31.2 Å². The SMILES string of the molecule is CNc1ncc2cc(-c3cccc(F)c3)c(=O)n(C)c2n1. The van der Waals surface area contributed by atoms with Crippen LogP contribution in [0.1, 0.15) is 0 Å². The Kier molecular flexibility index (Phi) is 3.13. The number of nitrogens with zero attached hydrogens (tertiary/aromatic N) is 3. The molecule has 0 radical (unpaired) electrons. The van der Waals surface area contributed by atoms with Crippen molar-refractivity contribution < 1.29 is 4.39 Å². The van der Waals surface area contributed by atoms with Crippen LogP contribution in [0.4, 0.5) is 10.3 Å². The number of hydrogen-bond donors (Lipinski definition) is 1. The molecule has 0 aliphatic carbocycles. The van der Waals surface area contributed by atoms with Crippen molar-refractivity contribution in [1.82, 2.24) is 14.5 Å². The number of benzene rings is 1. The summed E-state index contributed by atoms with van der Waals surface area (Å²) in [4.78, 5) is 20.9. The first-order valence-corrected chi connectivity index (χ1v) is 6.40. The Morgan fingerprint density at radius 2 is 2.10 bits per heavy atom. The van der Waals surface area contributed by atoms with E-state index in [1.165, 1.54) is 16.7 Å². The summed E-state index contributed by atoms with van der Waals surface area (Å²) in [5.41, 5.74) is 1.26. The number of nitrogens with one attached hydrogen (secondary N) is 1. The number of aryl methyl sites for hydroxylation is 1. The van der Waals surface area contributed by atoms with E-state index < -0.39 is 0 Å². The lowest BCUT2D eigenvalue weighted by molar-refractivity contribution is 0.628. The molecule has 5 nitrogen and oxygen atoms in total. The van der Waals surface area contributed by atoms with Crippen molar-refractivity contribution in [2.75, 3.05) is 12.4 Å². The number of halogens is 1. The van der Waals surface area contributed by atoms with Crippen LogP contribution in [-0.2, 0) is 7.05 Å². The lowest BCUT2D eigenvalue weighted by Gasteiger charge is -2.09. The molecule has 0 saturated heterocycles. The van der Waals surface area contributed by atoms with Crippen molar-refractivity contribution in [3.8, 4) is 11.1 Å². The largest absolute Gasteiger partial charge is 0.357 e. The van der Waals surface area contributed by atoms with Crippen molar-refractivity contribution in [2.45, 2.75) is 0 Å². The van der Waals surface area contributed by atoms with Gasteiger partial charge >= 0.3 is 0 Å². The van der Waals surface area contributed by atoms with E-state index in [2.05, 4.69) is 15.3 Å². The van der Waals surface area contributed by atoms with Gasteiger partial charge in [0.05, 0.1) is 0 Å². The Balaban J connectivity index is 2.31. The summed E-state index contributed by atoms with van der Waals surface area (Å²) in [6, 6.07) is 7.65. The summed E-state index contributed by atoms with van der Waals surface area (Å²) in [6.45, 7) is 0. The molecule has 2 aromatic heterocycles. The van der Waals surface area contributed by atoms with E-state index in [1.807, 2.05) is 0 Å². The molecule has 0 fully saturated rings. The monoisotopic (exact) mass is 284 g/mol. The van der Waals surface area contributed by atoms with Gasteiger partial charge in [0.1, 0.15) is 11.5 Å². The fraction of sp³-hybridized carbons (Fsp3) is 0.133. The van der Waals surface area contributed by atoms with Crippen molar-refractivity contribution in [2.24, 2.45) is 7.05 Å². The zero-order chi connectivity index (χ0) is 15.0. The van der Waals surface area contributed by atoms with Gasteiger partial charge in [-0.25, -0.2) is 9.37 Å². The number of aromatic nitrogens is 3. The number of pyridine rings is 1. The standard InChI is InChI=1S/C15H13FN4O/c1-17-15-18-8-10-7-12(9-4-3-5-11(16)6-9)14(21)20(2)13(10)19-15/h3-8H,1-2H3,(H,17,18,19). The molecule has 0 spiro atoms. The normalized spacial score (nSPS) is 10.8. The summed E-state index contributed by atoms with van der Waals surface area (Å²) in [6.07, 6.45) is 1.64. The van der Waals surface area contributed by atoms with Gasteiger partial charge in [-0.1, -0.05) is 12.1 Å². The Labute approximate surface area is 120 Å². The number of fused-ring (bicyclic) bond motifs is 1. The molecular weight excluding hydrogens is 271 g/mol. The maximum atomic E-state index is 13.4. The fourth-order valence-corrected chi connectivity index (χ4v) is 2.23. The molecule has 0 bridgehead atoms. The first-order chi connectivity index (χ1) is 10.1. The predicted molar refractivity (Wildman–Crippen MR) is 79.7 cm³/mol. The third-order valence-corrected chi connectivity index (χ3v) is 3.31. The van der Waals surface area contributed by atoms with Crippen LogP contribution in [0.15, 0.2) is 41.3 Å². The highest BCUT2D eigenvalue weighted by Gasteiger charge is 2.11. The number of rotatable bonds is 2. The molecule has 3 aromatic rings. The first kappa shape index (κ1) is 13.2. The molecule has 21 heavy (non-hydrogen) atoms. The van der Waals surface area contributed by atoms with E-state index in [4.69, 9.17) is 0 Å². The summed E-state index contributed by atoms with van der Waals surface area (Å²) < 4.78 is 14.8. The van der Waals surface area contributed by atoms with Crippen molar-refractivity contribution in [3.63, 3.8) is 0 Å². The molecule has 0 aliphatic rings. The molecular formula is C15H13FN4O. The number of hydrogen-bond acceptors (Lipinski definition) is 4. The smallest absolute Gasteiger partial charge is 0.259 e. The second-order valence-corrected chi connectivity index (χ2v) is 4.66. The molecule has 1 N–H and O–H groups in total. The van der Waals surface area contributed by atoms with Crippen LogP contribution >= 0.6 is 0 Å². The van der Waals surface area contributed by atoms with Crippen LogP contribution < -0.4 is 10.9 Å². The van der Waals surface area contributed by atoms with Gasteiger partial charge in [0.15, 0.2) is 0 Å². The lowest BCUT2D eigenvalue weighted by Crippen LogP contribution is -2.20. The summed E-state index contributed by atoms with van der Waals surface area (Å²) in [5, 5.41) is 3.55. The predicted octanol–water partition coefficient (Wildman–Crippen LogP) is 2.18. The van der Waals surface area contributed by atoms with Gasteiger partial charge in [-0.05, 0) is 23.8 Å². The molecule has 0 amide bonds. The maximum absolute atomic E-state index is 13.4. The highest BCUT2D eigenvalue weighted by molar-refractivity contribution is 5.81. The molecule has 0 saturated carbocycles. The Bertz CT molecular complexity index is 888. The zero-order valence-electron chi connectivity index (χ0n) is 11.6. The van der Waals surface area contributed by atoms with Crippen molar-refractivity contribution in [3.05, 3.63) is 52.7 Å². The van der Waals surface area contributed by atoms with Crippen molar-refractivity contribution >= 4 is 17.0 Å². The molecule has 0 unspecified atom stereocenters. The maximum Gasteiger partial charge on any atom is 0.259 e. The summed E-state index contributed by atoms with van der Waals surface area (Å²) in [5.74, 6) is 0.0624. The van der Waals surface area contributed by atoms with Gasteiger partial charge in [0.25, 0.3) is 5.56 Å². The van der Waals surface area contributed by atoms with E-state index in [-0.39, 0.29) is 11.4 Å². The van der Waals surface area contributed by atoms with E-state index >= 15 is 0 Å². The second-order valence-electron chi connectivity index (χ2n) is 4.66. The Hall–Kier alpha value is -2.76. The summed E-state index contributed by atoms with van der Waals surface area (Å²) >= 11 is 0. The molecule has 0 aliphatic heterocycles. The van der Waals surface area contributed by atoms with Gasteiger partial charge < -0.3 is 5.32 Å². The first-order valence-electron chi connectivity index (χ1n) is 6.40. The molecule has 3 rings (SSSR count). The van der Waals surface area contributed by atoms with Crippen LogP contribution in [0.3, 0.4) is 0 Å². The third kappa shape index (κ3) is 2.24. The van der Waals surface area contributed by atoms with Crippen LogP contribution in [0.25, 0.3) is 22.2 Å². The fourth-order valence-electron chi connectivity index (χ4n) is 2.23. The molecule has 2 heterocycles. The van der Waals surface area contributed by atoms with E-state index in [0.29, 0.717) is 22.7 Å². The zero-order valence-corrected chi connectivity index (χ0v) is 11.6. The summed E-state index contributed by atoms with van der Waals surface area (Å²) in [7, 11) is 3.35. The van der Waals surface area contributed by atoms with Crippen LogP contribution in [0.2, 0.25) is 0 Å². The van der Waals surface area contributed by atoms with Gasteiger partial charge in [0.2, 0.25) is 5.95 Å². The van der Waals surface area contributed by atoms with Crippen LogP contribution in [0, 0.1) is 5.82 Å². The second kappa shape index (κ2) is 4.97. The average Bonchev–Trinajstić information content (AvgIpc) is 2.50. The van der Waals surface area contributed by atoms with E-state index in [9.17, 15) is 9.18 Å². The lowest BCUT2D eigenvalue weighted by atomic mass is 10.1. The quantitative estimate of drug-likeness (QED) is 0.783. The highest BCUT2D eigenvalue weighted by Crippen LogP contribution is 2.20. The Morgan fingerprint density at radius 3 is 2.81 bits per heavy atom. The number of anilines is 1. The minimum absolute atomic E-state index is 0.228. The minimum Gasteiger partial charge on any atom is -0.357 e. The molecule has 1 aromatic carbocycles. The van der Waals surface area contributed by atoms with E-state index in [1.54, 1.807) is 38.5 Å². The van der Waals surface area contributed by atoms with Crippen LogP contribution in [-0.4, -0.2) is 21.6 Å². The van der Waals surface area contributed by atoms with Crippen LogP contribution in [0.5, 0.6) is 0 Å². The van der Waals surface area contributed by atoms with E-state index in [0.717, 1.165) is 5.39 Å². The molecule has 6 heteroatoms.